The molecule has 1 atom stereocenters. The van der Waals surface area contributed by atoms with E-state index in [-0.39, 0.29) is 6.04 Å². The van der Waals surface area contributed by atoms with Crippen molar-refractivity contribution in [2.24, 2.45) is 5.73 Å². The highest BCUT2D eigenvalue weighted by molar-refractivity contribution is 5.32. The lowest BCUT2D eigenvalue weighted by Gasteiger charge is -2.08. The lowest BCUT2D eigenvalue weighted by Crippen LogP contribution is -2.15. The van der Waals surface area contributed by atoms with E-state index < -0.39 is 0 Å². The fourth-order valence-corrected chi connectivity index (χ4v) is 1.45. The van der Waals surface area contributed by atoms with Crippen LogP contribution in [-0.2, 0) is 6.42 Å². The Hall–Kier alpha value is -1.88. The molecule has 2 aromatic rings. The Kier molecular flexibility index (Phi) is 2.64. The van der Waals surface area contributed by atoms with Crippen molar-refractivity contribution >= 4 is 5.82 Å². The van der Waals surface area contributed by atoms with E-state index in [1.54, 1.807) is 18.6 Å². The van der Waals surface area contributed by atoms with Gasteiger partial charge in [-0.05, 0) is 24.1 Å². The number of hydrogen-bond donors (Lipinski definition) is 3. The molecule has 78 valence electrons. The van der Waals surface area contributed by atoms with Crippen molar-refractivity contribution in [3.8, 4) is 0 Å². The molecule has 0 spiro atoms. The second-order valence-corrected chi connectivity index (χ2v) is 3.37. The lowest BCUT2D eigenvalue weighted by atomic mass is 10.1. The van der Waals surface area contributed by atoms with Crippen molar-refractivity contribution in [3.05, 3.63) is 42.1 Å². The molecule has 1 unspecified atom stereocenters. The summed E-state index contributed by atoms with van der Waals surface area (Å²) >= 11 is 0. The van der Waals surface area contributed by atoms with Crippen molar-refractivity contribution < 1.29 is 0 Å². The van der Waals surface area contributed by atoms with Gasteiger partial charge in [-0.15, -0.1) is 0 Å². The number of rotatable bonds is 3. The van der Waals surface area contributed by atoms with Crippen LogP contribution in [0, 0.1) is 0 Å². The van der Waals surface area contributed by atoms with Gasteiger partial charge in [-0.2, -0.15) is 0 Å². The summed E-state index contributed by atoms with van der Waals surface area (Å²) < 4.78 is 0. The third-order valence-corrected chi connectivity index (χ3v) is 2.17. The van der Waals surface area contributed by atoms with Crippen LogP contribution >= 0.6 is 0 Å². The van der Waals surface area contributed by atoms with E-state index in [0.29, 0.717) is 12.2 Å². The number of nitrogen functional groups attached to an aromatic ring is 1. The van der Waals surface area contributed by atoms with Gasteiger partial charge in [0.25, 0.3) is 0 Å². The first-order valence-corrected chi connectivity index (χ1v) is 4.71. The van der Waals surface area contributed by atoms with E-state index in [1.807, 2.05) is 12.1 Å². The normalized spacial score (nSPS) is 12.6. The Morgan fingerprint density at radius 1 is 1.33 bits per heavy atom. The molecule has 2 heterocycles. The van der Waals surface area contributed by atoms with Gasteiger partial charge in [0.15, 0.2) is 0 Å². The van der Waals surface area contributed by atoms with Crippen molar-refractivity contribution in [2.75, 3.05) is 5.73 Å². The van der Waals surface area contributed by atoms with Crippen LogP contribution in [0.2, 0.25) is 0 Å². The summed E-state index contributed by atoms with van der Waals surface area (Å²) in [4.78, 5) is 11.0. The molecule has 0 bridgehead atoms. The maximum Gasteiger partial charge on any atom is 0.123 e. The van der Waals surface area contributed by atoms with Crippen molar-refractivity contribution in [3.63, 3.8) is 0 Å². The Balaban J connectivity index is 2.09. The van der Waals surface area contributed by atoms with Gasteiger partial charge in [0.05, 0.1) is 6.04 Å². The van der Waals surface area contributed by atoms with Gasteiger partial charge in [0.2, 0.25) is 0 Å². The molecular formula is C10H13N5. The monoisotopic (exact) mass is 203 g/mol. The Labute approximate surface area is 87.5 Å². The number of H-pyrrole nitrogens is 1. The van der Waals surface area contributed by atoms with E-state index in [0.717, 1.165) is 11.4 Å². The van der Waals surface area contributed by atoms with Crippen LogP contribution in [0.5, 0.6) is 0 Å². The predicted octanol–water partition coefficient (Wildman–Crippen LogP) is 0.629. The molecule has 5 heteroatoms. The molecule has 5 N–H and O–H groups in total. The number of anilines is 1. The molecule has 2 aromatic heterocycles. The number of imidazole rings is 1. The summed E-state index contributed by atoms with van der Waals surface area (Å²) in [6.45, 7) is 0. The first kappa shape index (κ1) is 9.67. The summed E-state index contributed by atoms with van der Waals surface area (Å²) in [7, 11) is 0. The van der Waals surface area contributed by atoms with Gasteiger partial charge in [-0.3, -0.25) is 0 Å². The summed E-state index contributed by atoms with van der Waals surface area (Å²) in [5, 5.41) is 0. The molecule has 0 amide bonds. The molecule has 0 fully saturated rings. The molecule has 0 radical (unpaired) electrons. The number of nitrogens with two attached hydrogens (primary N) is 2. The third kappa shape index (κ3) is 2.32. The van der Waals surface area contributed by atoms with Crippen LogP contribution in [0.3, 0.4) is 0 Å². The van der Waals surface area contributed by atoms with E-state index in [9.17, 15) is 0 Å². The number of nitrogens with one attached hydrogen (secondary N) is 1. The topological polar surface area (TPSA) is 93.6 Å². The molecule has 15 heavy (non-hydrogen) atoms. The molecular weight excluding hydrogens is 190 g/mol. The zero-order valence-electron chi connectivity index (χ0n) is 8.22. The van der Waals surface area contributed by atoms with Gasteiger partial charge in [-0.1, -0.05) is 0 Å². The van der Waals surface area contributed by atoms with E-state index >= 15 is 0 Å². The number of nitrogens with zero attached hydrogens (tertiary/aromatic N) is 2. The number of aromatic amines is 1. The smallest absolute Gasteiger partial charge is 0.123 e. The second-order valence-electron chi connectivity index (χ2n) is 3.37. The van der Waals surface area contributed by atoms with E-state index in [4.69, 9.17) is 11.5 Å². The minimum atomic E-state index is -0.137. The zero-order valence-corrected chi connectivity index (χ0v) is 8.22. The van der Waals surface area contributed by atoms with Crippen LogP contribution in [-0.4, -0.2) is 15.0 Å². The predicted molar refractivity (Wildman–Crippen MR) is 57.9 cm³/mol. The number of aromatic nitrogens is 3. The van der Waals surface area contributed by atoms with Crippen molar-refractivity contribution in [2.45, 2.75) is 12.5 Å². The maximum absolute atomic E-state index is 5.97. The molecule has 5 nitrogen and oxygen atoms in total. The van der Waals surface area contributed by atoms with Crippen LogP contribution in [0.25, 0.3) is 0 Å². The lowest BCUT2D eigenvalue weighted by molar-refractivity contribution is 0.677. The van der Waals surface area contributed by atoms with Crippen LogP contribution < -0.4 is 11.5 Å². The highest BCUT2D eigenvalue weighted by atomic mass is 14.9. The Morgan fingerprint density at radius 2 is 2.20 bits per heavy atom. The Morgan fingerprint density at radius 3 is 2.87 bits per heavy atom. The SMILES string of the molecule is Nc1cc(CC(N)c2ncc[nH]2)ccn1. The standard InChI is InChI=1S/C10H13N5/c11-8(10-14-3-4-15-10)5-7-1-2-13-9(12)6-7/h1-4,6,8H,5,11H2,(H2,12,13)(H,14,15). The second kappa shape index (κ2) is 4.10. The van der Waals surface area contributed by atoms with Gasteiger partial charge in [0, 0.05) is 18.6 Å². The quantitative estimate of drug-likeness (QED) is 0.682. The highest BCUT2D eigenvalue weighted by Crippen LogP contribution is 2.13. The van der Waals surface area contributed by atoms with Gasteiger partial charge in [-0.25, -0.2) is 9.97 Å². The summed E-state index contributed by atoms with van der Waals surface area (Å²) in [6.07, 6.45) is 5.83. The fraction of sp³-hybridized carbons (Fsp3) is 0.200. The number of hydrogen-bond acceptors (Lipinski definition) is 4. The minimum absolute atomic E-state index is 0.137. The molecule has 0 aliphatic carbocycles. The molecule has 2 rings (SSSR count). The van der Waals surface area contributed by atoms with Crippen molar-refractivity contribution in [1.29, 1.82) is 0 Å². The first-order chi connectivity index (χ1) is 7.25. The summed E-state index contributed by atoms with van der Waals surface area (Å²) in [6, 6.07) is 3.59. The first-order valence-electron chi connectivity index (χ1n) is 4.71. The largest absolute Gasteiger partial charge is 0.384 e. The average molecular weight is 203 g/mol. The molecule has 0 aliphatic heterocycles. The van der Waals surface area contributed by atoms with Gasteiger partial charge in [0.1, 0.15) is 11.6 Å². The van der Waals surface area contributed by atoms with E-state index in [2.05, 4.69) is 15.0 Å². The zero-order chi connectivity index (χ0) is 10.7. The average Bonchev–Trinajstić information content (AvgIpc) is 2.70. The fourth-order valence-electron chi connectivity index (χ4n) is 1.45. The minimum Gasteiger partial charge on any atom is -0.384 e. The van der Waals surface area contributed by atoms with Crippen LogP contribution in [0.15, 0.2) is 30.7 Å². The van der Waals surface area contributed by atoms with E-state index in [1.165, 1.54) is 0 Å². The molecule has 0 aliphatic rings. The molecule has 0 saturated carbocycles. The summed E-state index contributed by atoms with van der Waals surface area (Å²) in [5.41, 5.74) is 12.6. The van der Waals surface area contributed by atoms with Gasteiger partial charge >= 0.3 is 0 Å². The number of pyridine rings is 1. The Bertz CT molecular complexity index is 423. The molecule has 0 aromatic carbocycles. The van der Waals surface area contributed by atoms with Crippen LogP contribution in [0.1, 0.15) is 17.4 Å². The highest BCUT2D eigenvalue weighted by Gasteiger charge is 2.09. The summed E-state index contributed by atoms with van der Waals surface area (Å²) in [5.74, 6) is 1.30. The molecule has 0 saturated heterocycles. The van der Waals surface area contributed by atoms with Gasteiger partial charge < -0.3 is 16.5 Å². The van der Waals surface area contributed by atoms with Crippen molar-refractivity contribution in [1.82, 2.24) is 15.0 Å². The third-order valence-electron chi connectivity index (χ3n) is 2.17. The maximum atomic E-state index is 5.97. The van der Waals surface area contributed by atoms with Crippen LogP contribution in [0.4, 0.5) is 5.82 Å².